The number of halogens is 1. The van der Waals surface area contributed by atoms with Crippen LogP contribution in [0.4, 0.5) is 0 Å². The van der Waals surface area contributed by atoms with Crippen molar-refractivity contribution in [3.63, 3.8) is 0 Å². The Morgan fingerprint density at radius 3 is 2.73 bits per heavy atom. The van der Waals surface area contributed by atoms with Crippen LogP contribution in [0, 0.1) is 6.92 Å². The van der Waals surface area contributed by atoms with E-state index >= 15 is 0 Å². The number of rotatable bonds is 3. The second-order valence-corrected chi connectivity index (χ2v) is 4.20. The molecular formula is C11H13ClO2S. The van der Waals surface area contributed by atoms with E-state index in [2.05, 4.69) is 0 Å². The van der Waals surface area contributed by atoms with Crippen LogP contribution in [0.5, 0.6) is 0 Å². The van der Waals surface area contributed by atoms with Crippen LogP contribution in [0.1, 0.15) is 22.8 Å². The summed E-state index contributed by atoms with van der Waals surface area (Å²) in [5.74, 6) is -0.363. The first kappa shape index (κ1) is 12.4. The van der Waals surface area contributed by atoms with Gasteiger partial charge >= 0.3 is 5.97 Å². The van der Waals surface area contributed by atoms with Gasteiger partial charge in [0.15, 0.2) is 0 Å². The van der Waals surface area contributed by atoms with E-state index < -0.39 is 0 Å². The van der Waals surface area contributed by atoms with Crippen molar-refractivity contribution in [1.82, 2.24) is 0 Å². The van der Waals surface area contributed by atoms with Crippen LogP contribution in [0.3, 0.4) is 0 Å². The highest BCUT2D eigenvalue weighted by Crippen LogP contribution is 2.29. The highest BCUT2D eigenvalue weighted by molar-refractivity contribution is 7.98. The number of hydrogen-bond donors (Lipinski definition) is 0. The van der Waals surface area contributed by atoms with E-state index in [0.29, 0.717) is 17.2 Å². The molecule has 1 aromatic carbocycles. The van der Waals surface area contributed by atoms with Gasteiger partial charge in [0, 0.05) is 4.90 Å². The minimum atomic E-state index is -0.363. The smallest absolute Gasteiger partial charge is 0.339 e. The number of carbonyl (C=O) groups is 1. The summed E-state index contributed by atoms with van der Waals surface area (Å²) in [7, 11) is 0. The first-order chi connectivity index (χ1) is 7.11. The average Bonchev–Trinajstić information content (AvgIpc) is 2.22. The summed E-state index contributed by atoms with van der Waals surface area (Å²) >= 11 is 7.70. The lowest BCUT2D eigenvalue weighted by Crippen LogP contribution is -2.06. The Labute approximate surface area is 99.0 Å². The molecule has 0 N–H and O–H groups in total. The van der Waals surface area contributed by atoms with Gasteiger partial charge in [-0.15, -0.1) is 11.8 Å². The van der Waals surface area contributed by atoms with Gasteiger partial charge < -0.3 is 4.74 Å². The molecule has 0 saturated carbocycles. The van der Waals surface area contributed by atoms with E-state index in [1.807, 2.05) is 19.2 Å². The fourth-order valence-electron chi connectivity index (χ4n) is 1.25. The van der Waals surface area contributed by atoms with Gasteiger partial charge in [0.25, 0.3) is 0 Å². The highest BCUT2D eigenvalue weighted by atomic mass is 35.5. The Kier molecular flexibility index (Phi) is 4.48. The zero-order valence-corrected chi connectivity index (χ0v) is 10.5. The molecule has 82 valence electrons. The average molecular weight is 245 g/mol. The van der Waals surface area contributed by atoms with Crippen LogP contribution in [0.15, 0.2) is 17.0 Å². The molecule has 0 amide bonds. The van der Waals surface area contributed by atoms with Gasteiger partial charge in [-0.25, -0.2) is 4.79 Å². The number of esters is 1. The maximum atomic E-state index is 11.5. The maximum Gasteiger partial charge on any atom is 0.339 e. The Morgan fingerprint density at radius 1 is 1.53 bits per heavy atom. The highest BCUT2D eigenvalue weighted by Gasteiger charge is 2.14. The maximum absolute atomic E-state index is 11.5. The molecule has 0 saturated heterocycles. The number of hydrogen-bond acceptors (Lipinski definition) is 3. The summed E-state index contributed by atoms with van der Waals surface area (Å²) in [6, 6.07) is 3.59. The zero-order valence-electron chi connectivity index (χ0n) is 8.96. The van der Waals surface area contributed by atoms with Crippen molar-refractivity contribution in [1.29, 1.82) is 0 Å². The molecule has 15 heavy (non-hydrogen) atoms. The number of carbonyl (C=O) groups excluding carboxylic acids is 1. The lowest BCUT2D eigenvalue weighted by atomic mass is 10.1. The van der Waals surface area contributed by atoms with E-state index in [1.54, 1.807) is 24.8 Å². The molecular weight excluding hydrogens is 232 g/mol. The number of ether oxygens (including phenoxy) is 1. The van der Waals surface area contributed by atoms with Crippen LogP contribution < -0.4 is 0 Å². The van der Waals surface area contributed by atoms with Crippen LogP contribution in [-0.2, 0) is 4.74 Å². The van der Waals surface area contributed by atoms with E-state index in [4.69, 9.17) is 16.3 Å². The predicted molar refractivity (Wildman–Crippen MR) is 63.9 cm³/mol. The van der Waals surface area contributed by atoms with Gasteiger partial charge in [-0.3, -0.25) is 0 Å². The Morgan fingerprint density at radius 2 is 2.20 bits per heavy atom. The third-order valence-electron chi connectivity index (χ3n) is 2.05. The van der Waals surface area contributed by atoms with Crippen molar-refractivity contribution in [3.05, 3.63) is 28.3 Å². The molecule has 0 atom stereocenters. The van der Waals surface area contributed by atoms with Gasteiger partial charge in [0.1, 0.15) is 0 Å². The van der Waals surface area contributed by atoms with Gasteiger partial charge in [0.2, 0.25) is 0 Å². The third-order valence-corrected chi connectivity index (χ3v) is 3.42. The fourth-order valence-corrected chi connectivity index (χ4v) is 2.17. The molecule has 0 radical (unpaired) electrons. The van der Waals surface area contributed by atoms with Crippen LogP contribution in [0.25, 0.3) is 0 Å². The van der Waals surface area contributed by atoms with Gasteiger partial charge in [0.05, 0.1) is 17.2 Å². The Hall–Kier alpha value is -0.670. The van der Waals surface area contributed by atoms with E-state index in [1.165, 1.54) is 0 Å². The molecule has 4 heteroatoms. The van der Waals surface area contributed by atoms with Gasteiger partial charge in [-0.2, -0.15) is 0 Å². The summed E-state index contributed by atoms with van der Waals surface area (Å²) in [4.78, 5) is 12.6. The molecule has 0 bridgehead atoms. The first-order valence-corrected chi connectivity index (χ1v) is 6.22. The van der Waals surface area contributed by atoms with Crippen molar-refractivity contribution in [3.8, 4) is 0 Å². The summed E-state index contributed by atoms with van der Waals surface area (Å²) in [6.45, 7) is 4.03. The molecule has 0 heterocycles. The second-order valence-electron chi connectivity index (χ2n) is 2.97. The molecule has 1 rings (SSSR count). The van der Waals surface area contributed by atoms with Crippen molar-refractivity contribution in [2.75, 3.05) is 12.9 Å². The Bertz CT molecular complexity index is 377. The SMILES string of the molecule is CCOC(=O)c1ccc(SC)c(C)c1Cl. The summed E-state index contributed by atoms with van der Waals surface area (Å²) in [6.07, 6.45) is 1.97. The summed E-state index contributed by atoms with van der Waals surface area (Å²) in [5, 5.41) is 0.486. The van der Waals surface area contributed by atoms with Crippen molar-refractivity contribution in [2.24, 2.45) is 0 Å². The molecule has 0 spiro atoms. The van der Waals surface area contributed by atoms with Crippen LogP contribution in [-0.4, -0.2) is 18.8 Å². The van der Waals surface area contributed by atoms with Crippen molar-refractivity contribution < 1.29 is 9.53 Å². The summed E-state index contributed by atoms with van der Waals surface area (Å²) < 4.78 is 4.91. The van der Waals surface area contributed by atoms with E-state index in [0.717, 1.165) is 10.5 Å². The second kappa shape index (κ2) is 5.42. The minimum absolute atomic E-state index is 0.360. The van der Waals surface area contributed by atoms with Crippen LogP contribution in [0.2, 0.25) is 5.02 Å². The topological polar surface area (TPSA) is 26.3 Å². The molecule has 1 aromatic rings. The first-order valence-electron chi connectivity index (χ1n) is 4.62. The molecule has 0 aliphatic heterocycles. The standard InChI is InChI=1S/C11H13ClO2S/c1-4-14-11(13)8-5-6-9(15-3)7(2)10(8)12/h5-6H,4H2,1-3H3. The molecule has 0 aliphatic carbocycles. The largest absolute Gasteiger partial charge is 0.462 e. The lowest BCUT2D eigenvalue weighted by Gasteiger charge is -2.09. The van der Waals surface area contributed by atoms with Crippen molar-refractivity contribution >= 4 is 29.3 Å². The summed E-state index contributed by atoms with van der Waals surface area (Å²) in [5.41, 5.74) is 1.36. The van der Waals surface area contributed by atoms with Gasteiger partial charge in [-0.1, -0.05) is 11.6 Å². The minimum Gasteiger partial charge on any atom is -0.462 e. The van der Waals surface area contributed by atoms with E-state index in [9.17, 15) is 4.79 Å². The molecule has 0 aromatic heterocycles. The normalized spacial score (nSPS) is 10.1. The lowest BCUT2D eigenvalue weighted by molar-refractivity contribution is 0.0526. The number of thioether (sulfide) groups is 1. The molecule has 0 fully saturated rings. The molecule has 0 aliphatic rings. The quantitative estimate of drug-likeness (QED) is 0.601. The fraction of sp³-hybridized carbons (Fsp3) is 0.364. The molecule has 2 nitrogen and oxygen atoms in total. The van der Waals surface area contributed by atoms with Crippen molar-refractivity contribution in [2.45, 2.75) is 18.7 Å². The number of benzene rings is 1. The monoisotopic (exact) mass is 244 g/mol. The third kappa shape index (κ3) is 2.67. The predicted octanol–water partition coefficient (Wildman–Crippen LogP) is 3.55. The Balaban J connectivity index is 3.11. The molecule has 0 unspecified atom stereocenters. The van der Waals surface area contributed by atoms with Crippen LogP contribution >= 0.6 is 23.4 Å². The zero-order chi connectivity index (χ0) is 11.4. The van der Waals surface area contributed by atoms with Gasteiger partial charge in [-0.05, 0) is 37.8 Å². The van der Waals surface area contributed by atoms with E-state index in [-0.39, 0.29) is 5.97 Å².